The number of aryl methyl sites for hydroxylation is 1. The van der Waals surface area contributed by atoms with Crippen LogP contribution in [-0.2, 0) is 27.5 Å². The zero-order chi connectivity index (χ0) is 43.1. The van der Waals surface area contributed by atoms with Crippen molar-refractivity contribution in [2.24, 2.45) is 22.9 Å². The predicted molar refractivity (Wildman–Crippen MR) is 230 cm³/mol. The maximum Gasteiger partial charge on any atom is 0.410 e. The molecule has 6 unspecified atom stereocenters. The highest BCUT2D eigenvalue weighted by molar-refractivity contribution is 6.03. The molecule has 13 nitrogen and oxygen atoms in total. The standard InChI is InChI=1S/C48H61N3O10/c1-7-23-59-48-43(51(46(54)55-6)28-32-17-19-41-42(24-32)58-30-57-41)27-39(50-61-47(3,4)5)37-25-33(14-8-10-21-52)36(16-9-11-22-53)44(45(37)48)38-26-35(18-20-40(38)60-48)56-29-34-15-12-13-31(2)49-34/h7,12-13,15,17-20,24-26,33,36,43-45,52-53H,1,8-11,14,16,21-23,27-30H2,2-6H3. The number of hydrogen-bond donors (Lipinski definition) is 2. The molecule has 3 heterocycles. The van der Waals surface area contributed by atoms with Crippen molar-refractivity contribution < 1.29 is 48.3 Å². The van der Waals surface area contributed by atoms with Crippen molar-refractivity contribution in [3.05, 3.63) is 101 Å². The first-order valence-corrected chi connectivity index (χ1v) is 21.5. The second kappa shape index (κ2) is 19.3. The van der Waals surface area contributed by atoms with Gasteiger partial charge in [0.05, 0.1) is 31.0 Å². The fourth-order valence-corrected chi connectivity index (χ4v) is 9.42. The van der Waals surface area contributed by atoms with Crippen molar-refractivity contribution in [2.45, 2.75) is 109 Å². The number of hydrogen-bond acceptors (Lipinski definition) is 12. The van der Waals surface area contributed by atoms with E-state index in [1.165, 1.54) is 7.11 Å². The van der Waals surface area contributed by atoms with Gasteiger partial charge in [0.25, 0.3) is 0 Å². The Morgan fingerprint density at radius 1 is 1.02 bits per heavy atom. The highest BCUT2D eigenvalue weighted by atomic mass is 16.7. The largest absolute Gasteiger partial charge is 0.487 e. The van der Waals surface area contributed by atoms with Crippen LogP contribution in [0.5, 0.6) is 23.0 Å². The molecule has 0 spiro atoms. The highest BCUT2D eigenvalue weighted by Gasteiger charge is 2.65. The van der Waals surface area contributed by atoms with E-state index in [0.29, 0.717) is 41.6 Å². The molecule has 2 aromatic carbocycles. The summed E-state index contributed by atoms with van der Waals surface area (Å²) in [6.07, 6.45) is 8.28. The second-order valence-corrected chi connectivity index (χ2v) is 17.3. The molecule has 61 heavy (non-hydrogen) atoms. The molecular formula is C48H61N3O10. The lowest BCUT2D eigenvalue weighted by molar-refractivity contribution is -0.256. The van der Waals surface area contributed by atoms with E-state index < -0.39 is 29.4 Å². The Bertz CT molecular complexity index is 2080. The van der Waals surface area contributed by atoms with E-state index in [1.807, 2.05) is 76.2 Å². The van der Waals surface area contributed by atoms with Crippen LogP contribution in [0.25, 0.3) is 0 Å². The van der Waals surface area contributed by atoms with Gasteiger partial charge in [-0.2, -0.15) is 0 Å². The lowest BCUT2D eigenvalue weighted by Crippen LogP contribution is -2.70. The van der Waals surface area contributed by atoms with E-state index >= 15 is 0 Å². The van der Waals surface area contributed by atoms with Gasteiger partial charge >= 0.3 is 6.09 Å². The first-order valence-electron chi connectivity index (χ1n) is 21.5. The molecule has 1 amide bonds. The van der Waals surface area contributed by atoms with E-state index in [9.17, 15) is 15.0 Å². The predicted octanol–water partition coefficient (Wildman–Crippen LogP) is 8.40. The number of methoxy groups -OCH3 is 1. The number of aliphatic hydroxyl groups is 2. The number of carbonyl (C=O) groups is 1. The normalized spacial score (nSPS) is 24.2. The Morgan fingerprint density at radius 2 is 1.79 bits per heavy atom. The van der Waals surface area contributed by atoms with Crippen LogP contribution in [0.1, 0.15) is 94.1 Å². The van der Waals surface area contributed by atoms with Crippen molar-refractivity contribution in [3.8, 4) is 23.0 Å². The SMILES string of the molecule is C=CCOC12Oc3ccc(OCc4cccc(C)n4)cc3C3C(CCCCO)C(CCCCO)C=C(C(=NOC(C)(C)C)CC1N(Cc1ccc4c(c1)OCO4)C(=O)OC)C32. The summed E-state index contributed by atoms with van der Waals surface area (Å²) in [5.41, 5.74) is 4.51. The minimum Gasteiger partial charge on any atom is -0.487 e. The number of rotatable bonds is 18. The summed E-state index contributed by atoms with van der Waals surface area (Å²) in [4.78, 5) is 26.9. The number of ether oxygens (including phenoxy) is 6. The first-order chi connectivity index (χ1) is 29.5. The molecule has 1 saturated carbocycles. The summed E-state index contributed by atoms with van der Waals surface area (Å²) in [5.74, 6) is 0.477. The second-order valence-electron chi connectivity index (χ2n) is 17.3. The van der Waals surface area contributed by atoms with Crippen molar-refractivity contribution in [3.63, 3.8) is 0 Å². The topological polar surface area (TPSA) is 151 Å². The Labute approximate surface area is 359 Å². The van der Waals surface area contributed by atoms with Gasteiger partial charge in [-0.1, -0.05) is 42.3 Å². The summed E-state index contributed by atoms with van der Waals surface area (Å²) < 4.78 is 37.8. The van der Waals surface area contributed by atoms with Gasteiger partial charge in [-0.3, -0.25) is 9.88 Å². The summed E-state index contributed by atoms with van der Waals surface area (Å²) in [7, 11) is 1.38. The molecule has 13 heteroatoms. The summed E-state index contributed by atoms with van der Waals surface area (Å²) >= 11 is 0. The number of fused-ring (bicyclic) bond motifs is 3. The van der Waals surface area contributed by atoms with Gasteiger partial charge in [-0.05, 0) is 119 Å². The van der Waals surface area contributed by atoms with Gasteiger partial charge in [-0.15, -0.1) is 6.58 Å². The van der Waals surface area contributed by atoms with E-state index in [0.717, 1.165) is 53.8 Å². The molecule has 6 atom stereocenters. The molecule has 2 aliphatic heterocycles. The number of amides is 1. The van der Waals surface area contributed by atoms with Crippen molar-refractivity contribution in [2.75, 3.05) is 33.7 Å². The zero-order valence-electron chi connectivity index (χ0n) is 36.1. The van der Waals surface area contributed by atoms with Crippen LogP contribution in [0.4, 0.5) is 4.79 Å². The van der Waals surface area contributed by atoms with Crippen molar-refractivity contribution in [1.82, 2.24) is 9.88 Å². The summed E-state index contributed by atoms with van der Waals surface area (Å²) in [5, 5.41) is 24.8. The molecule has 2 N–H and O–H groups in total. The van der Waals surface area contributed by atoms with Crippen LogP contribution in [-0.4, -0.2) is 83.1 Å². The smallest absolute Gasteiger partial charge is 0.410 e. The highest BCUT2D eigenvalue weighted by Crippen LogP contribution is 2.62. The molecule has 328 valence electrons. The van der Waals surface area contributed by atoms with E-state index in [-0.39, 0.29) is 63.9 Å². The molecule has 0 saturated heterocycles. The van der Waals surface area contributed by atoms with Crippen LogP contribution < -0.4 is 18.9 Å². The number of carbonyl (C=O) groups excluding carboxylic acids is 1. The quantitative estimate of drug-likeness (QED) is 0.0722. The minimum atomic E-state index is -1.46. The van der Waals surface area contributed by atoms with Crippen LogP contribution in [0, 0.1) is 24.7 Å². The Balaban J connectivity index is 1.43. The van der Waals surface area contributed by atoms with Crippen LogP contribution in [0.2, 0.25) is 0 Å². The first kappa shape index (κ1) is 44.0. The number of allylic oxidation sites excluding steroid dienone is 1. The molecule has 3 aromatic rings. The maximum absolute atomic E-state index is 14.3. The molecular weight excluding hydrogens is 779 g/mol. The van der Waals surface area contributed by atoms with Crippen LogP contribution >= 0.6 is 0 Å². The molecule has 0 radical (unpaired) electrons. The number of unbranched alkanes of at least 4 members (excludes halogenated alkanes) is 2. The fraction of sp³-hybridized carbons (Fsp3) is 0.521. The fourth-order valence-electron chi connectivity index (χ4n) is 9.42. The zero-order valence-corrected chi connectivity index (χ0v) is 36.1. The molecule has 1 fully saturated rings. The Morgan fingerprint density at radius 3 is 2.52 bits per heavy atom. The van der Waals surface area contributed by atoms with E-state index in [4.69, 9.17) is 38.4 Å². The average Bonchev–Trinajstić information content (AvgIpc) is 3.72. The van der Waals surface area contributed by atoms with Crippen molar-refractivity contribution >= 4 is 11.8 Å². The lowest BCUT2D eigenvalue weighted by Gasteiger charge is -2.59. The lowest BCUT2D eigenvalue weighted by atomic mass is 9.55. The summed E-state index contributed by atoms with van der Waals surface area (Å²) in [6, 6.07) is 16.7. The van der Waals surface area contributed by atoms with Gasteiger partial charge in [0, 0.05) is 43.4 Å². The van der Waals surface area contributed by atoms with Crippen LogP contribution in [0.3, 0.4) is 0 Å². The maximum atomic E-state index is 14.3. The van der Waals surface area contributed by atoms with Gasteiger partial charge < -0.3 is 43.5 Å². The summed E-state index contributed by atoms with van der Waals surface area (Å²) in [6.45, 7) is 12.7. The number of benzene rings is 2. The molecule has 4 aliphatic rings. The third kappa shape index (κ3) is 9.69. The third-order valence-corrected chi connectivity index (χ3v) is 12.0. The molecule has 0 bridgehead atoms. The Hall–Kier alpha value is -5.11. The Kier molecular flexibility index (Phi) is 13.9. The van der Waals surface area contributed by atoms with Crippen molar-refractivity contribution in [1.29, 1.82) is 0 Å². The molecule has 7 rings (SSSR count). The molecule has 2 aliphatic carbocycles. The number of nitrogens with zero attached hydrogens (tertiary/aromatic N) is 3. The monoisotopic (exact) mass is 839 g/mol. The van der Waals surface area contributed by atoms with E-state index in [2.05, 4.69) is 23.7 Å². The number of oxime groups is 1. The van der Waals surface area contributed by atoms with Gasteiger partial charge in [-0.25, -0.2) is 4.79 Å². The average molecular weight is 840 g/mol. The number of pyridine rings is 1. The molecule has 1 aromatic heterocycles. The van der Waals surface area contributed by atoms with Gasteiger partial charge in [0.2, 0.25) is 12.6 Å². The minimum absolute atomic E-state index is 0.0472. The van der Waals surface area contributed by atoms with Crippen LogP contribution in [0.15, 0.2) is 84.1 Å². The van der Waals surface area contributed by atoms with Gasteiger partial charge in [0.15, 0.2) is 11.5 Å². The van der Waals surface area contributed by atoms with E-state index in [1.54, 1.807) is 11.0 Å². The number of aromatic nitrogens is 1. The van der Waals surface area contributed by atoms with Gasteiger partial charge in [0.1, 0.15) is 29.7 Å². The number of aliphatic hydroxyl groups excluding tert-OH is 2. The third-order valence-electron chi connectivity index (χ3n) is 12.0.